The molecule has 4 heteroatoms. The molecule has 0 saturated carbocycles. The van der Waals surface area contributed by atoms with Crippen molar-refractivity contribution in [3.8, 4) is 5.69 Å². The molecule has 4 nitrogen and oxygen atoms in total. The molecular weight excluding hydrogens is 671 g/mol. The van der Waals surface area contributed by atoms with Crippen LogP contribution in [0, 0.1) is 0 Å². The molecule has 3 aliphatic rings. The van der Waals surface area contributed by atoms with E-state index in [1.807, 2.05) is 24.3 Å². The summed E-state index contributed by atoms with van der Waals surface area (Å²) in [5.74, 6) is 0. The van der Waals surface area contributed by atoms with Crippen molar-refractivity contribution in [2.45, 2.75) is 19.3 Å². The third-order valence-corrected chi connectivity index (χ3v) is 11.5. The Balaban J connectivity index is 1.21. The van der Waals surface area contributed by atoms with Crippen molar-refractivity contribution in [2.75, 3.05) is 9.80 Å². The number of furan rings is 1. The molecule has 2 aromatic heterocycles. The first-order valence-corrected chi connectivity index (χ1v) is 19.0. The number of nitrogens with zero attached hydrogens (tertiary/aromatic N) is 3. The van der Waals surface area contributed by atoms with Crippen LogP contribution < -0.4 is 9.80 Å². The number of allylic oxidation sites excluding steroid dienone is 7. The summed E-state index contributed by atoms with van der Waals surface area (Å²) in [6.07, 6.45) is 13.2. The first-order chi connectivity index (χ1) is 27.2. The zero-order chi connectivity index (χ0) is 36.6. The molecule has 0 saturated heterocycles. The second kappa shape index (κ2) is 12.3. The van der Waals surface area contributed by atoms with E-state index in [1.165, 1.54) is 55.8 Å². The molecule has 2 bridgehead atoms. The SMILES string of the molecule is C=C/C=C\C(=C)N1C2=C3Cc4ccccc4N(c4ccccc4)C3=CC=C(C2)Cc2ccc3c(c21)c1ccccc1n3-c1ccc2oc3ccccc3c2c1. The van der Waals surface area contributed by atoms with E-state index >= 15 is 0 Å². The molecule has 0 atom stereocenters. The minimum absolute atomic E-state index is 0.820. The molecule has 0 N–H and O–H groups in total. The second-order valence-electron chi connectivity index (χ2n) is 14.7. The van der Waals surface area contributed by atoms with Crippen LogP contribution in [0.4, 0.5) is 17.1 Å². The molecule has 1 aliphatic carbocycles. The van der Waals surface area contributed by atoms with Crippen LogP contribution in [-0.2, 0) is 12.8 Å². The third-order valence-electron chi connectivity index (χ3n) is 11.5. The average Bonchev–Trinajstić information content (AvgIpc) is 3.64. The van der Waals surface area contributed by atoms with Gasteiger partial charge in [0.25, 0.3) is 0 Å². The number of hydrogen-bond acceptors (Lipinski definition) is 3. The Morgan fingerprint density at radius 3 is 2.31 bits per heavy atom. The number of rotatable bonds is 5. The van der Waals surface area contributed by atoms with Crippen molar-refractivity contribution in [2.24, 2.45) is 0 Å². The minimum Gasteiger partial charge on any atom is -0.456 e. The van der Waals surface area contributed by atoms with Crippen molar-refractivity contribution in [1.82, 2.24) is 4.57 Å². The van der Waals surface area contributed by atoms with E-state index in [-0.39, 0.29) is 0 Å². The normalized spacial score (nSPS) is 15.2. The van der Waals surface area contributed by atoms with Gasteiger partial charge in [-0.2, -0.15) is 0 Å². The van der Waals surface area contributed by atoms with E-state index in [9.17, 15) is 0 Å². The number of hydrogen-bond donors (Lipinski definition) is 0. The van der Waals surface area contributed by atoms with Gasteiger partial charge >= 0.3 is 0 Å². The lowest BCUT2D eigenvalue weighted by Crippen LogP contribution is -2.29. The molecule has 0 unspecified atom stereocenters. The van der Waals surface area contributed by atoms with Gasteiger partial charge in [-0.25, -0.2) is 0 Å². The lowest BCUT2D eigenvalue weighted by Gasteiger charge is -2.38. The van der Waals surface area contributed by atoms with Gasteiger partial charge in [-0.15, -0.1) is 0 Å². The van der Waals surface area contributed by atoms with Crippen LogP contribution in [0.1, 0.15) is 17.5 Å². The Morgan fingerprint density at radius 2 is 1.42 bits per heavy atom. The Morgan fingerprint density at radius 1 is 0.636 bits per heavy atom. The predicted octanol–water partition coefficient (Wildman–Crippen LogP) is 13.2. The van der Waals surface area contributed by atoms with Crippen molar-refractivity contribution >= 4 is 60.8 Å². The lowest BCUT2D eigenvalue weighted by atomic mass is 9.91. The van der Waals surface area contributed by atoms with Crippen LogP contribution >= 0.6 is 0 Å². The Bertz CT molecular complexity index is 3060. The molecule has 11 rings (SSSR count). The highest BCUT2D eigenvalue weighted by atomic mass is 16.3. The quantitative estimate of drug-likeness (QED) is 0.167. The molecule has 4 heterocycles. The minimum atomic E-state index is 0.820. The molecule has 8 aromatic rings. The highest BCUT2D eigenvalue weighted by Gasteiger charge is 2.35. The zero-order valence-corrected chi connectivity index (χ0v) is 30.4. The average molecular weight is 708 g/mol. The summed E-state index contributed by atoms with van der Waals surface area (Å²) in [7, 11) is 0. The van der Waals surface area contributed by atoms with Crippen LogP contribution in [-0.4, -0.2) is 4.57 Å². The van der Waals surface area contributed by atoms with Gasteiger partial charge in [-0.05, 0) is 84.3 Å². The first-order valence-electron chi connectivity index (χ1n) is 19.0. The highest BCUT2D eigenvalue weighted by Crippen LogP contribution is 2.51. The summed E-state index contributed by atoms with van der Waals surface area (Å²) < 4.78 is 8.68. The van der Waals surface area contributed by atoms with Gasteiger partial charge in [-0.3, -0.25) is 0 Å². The third kappa shape index (κ3) is 4.78. The summed E-state index contributed by atoms with van der Waals surface area (Å²) in [5.41, 5.74) is 17.4. The van der Waals surface area contributed by atoms with Crippen LogP contribution in [0.25, 0.3) is 49.4 Å². The predicted molar refractivity (Wildman–Crippen MR) is 229 cm³/mol. The van der Waals surface area contributed by atoms with Crippen molar-refractivity contribution in [3.05, 3.63) is 216 Å². The molecule has 2 aliphatic heterocycles. The molecule has 262 valence electrons. The smallest absolute Gasteiger partial charge is 0.135 e. The number of fused-ring (bicyclic) bond motifs is 12. The summed E-state index contributed by atoms with van der Waals surface area (Å²) in [6.45, 7) is 8.81. The van der Waals surface area contributed by atoms with E-state index in [0.29, 0.717) is 0 Å². The maximum absolute atomic E-state index is 6.25. The molecule has 0 radical (unpaired) electrons. The number of para-hydroxylation sites is 4. The van der Waals surface area contributed by atoms with Gasteiger partial charge in [0.1, 0.15) is 11.2 Å². The van der Waals surface area contributed by atoms with Crippen molar-refractivity contribution < 1.29 is 4.42 Å². The van der Waals surface area contributed by atoms with Gasteiger partial charge < -0.3 is 18.8 Å². The molecule has 6 aromatic carbocycles. The summed E-state index contributed by atoms with van der Waals surface area (Å²) in [5, 5.41) is 4.67. The largest absolute Gasteiger partial charge is 0.456 e. The van der Waals surface area contributed by atoms with E-state index in [4.69, 9.17) is 11.0 Å². The molecule has 55 heavy (non-hydrogen) atoms. The highest BCUT2D eigenvalue weighted by molar-refractivity contribution is 6.17. The van der Waals surface area contributed by atoms with Crippen LogP contribution in [0.2, 0.25) is 0 Å². The van der Waals surface area contributed by atoms with Crippen LogP contribution in [0.15, 0.2) is 210 Å². The molecule has 0 fully saturated rings. The van der Waals surface area contributed by atoms with E-state index < -0.39 is 0 Å². The van der Waals surface area contributed by atoms with Gasteiger partial charge in [0, 0.05) is 68.4 Å². The Kier molecular flexibility index (Phi) is 7.02. The van der Waals surface area contributed by atoms with Crippen molar-refractivity contribution in [3.63, 3.8) is 0 Å². The molecule has 0 amide bonds. The second-order valence-corrected chi connectivity index (χ2v) is 14.7. The topological polar surface area (TPSA) is 24.6 Å². The monoisotopic (exact) mass is 707 g/mol. The summed E-state index contributed by atoms with van der Waals surface area (Å²) >= 11 is 0. The van der Waals surface area contributed by atoms with Gasteiger partial charge in [0.2, 0.25) is 0 Å². The standard InChI is InChI=1S/C51H37N3O/c1-3-4-14-33(2)52-47-30-34(23-26-45-42(47)31-35-15-8-11-20-43(35)53(45)37-16-6-5-7-17-37)29-36-24-27-46-50(51(36)52)40-19-9-12-21-44(40)54(46)38-25-28-49-41(32-38)39-18-10-13-22-48(39)55-49/h3-28,32H,1-2,29-31H2/b14-4-. The fraction of sp³-hybridized carbons (Fsp3) is 0.0588. The maximum atomic E-state index is 6.25. The fourth-order valence-electron chi connectivity index (χ4n) is 9.18. The summed E-state index contributed by atoms with van der Waals surface area (Å²) in [6, 6.07) is 48.0. The molecular formula is C51H37N3O. The number of anilines is 3. The van der Waals surface area contributed by atoms with Crippen LogP contribution in [0.3, 0.4) is 0 Å². The van der Waals surface area contributed by atoms with Crippen LogP contribution in [0.5, 0.6) is 0 Å². The maximum Gasteiger partial charge on any atom is 0.135 e. The van der Waals surface area contributed by atoms with E-state index in [0.717, 1.165) is 69.3 Å². The zero-order valence-electron chi connectivity index (χ0n) is 30.4. The van der Waals surface area contributed by atoms with Gasteiger partial charge in [0.15, 0.2) is 0 Å². The van der Waals surface area contributed by atoms with E-state index in [2.05, 4.69) is 161 Å². The van der Waals surface area contributed by atoms with Crippen molar-refractivity contribution in [1.29, 1.82) is 0 Å². The first kappa shape index (κ1) is 31.5. The Labute approximate surface area is 319 Å². The fourth-order valence-corrected chi connectivity index (χ4v) is 9.18. The number of aromatic nitrogens is 1. The van der Waals surface area contributed by atoms with E-state index in [1.54, 1.807) is 0 Å². The summed E-state index contributed by atoms with van der Waals surface area (Å²) in [4.78, 5) is 4.92. The lowest BCUT2D eigenvalue weighted by molar-refractivity contribution is 0.669. The van der Waals surface area contributed by atoms with Gasteiger partial charge in [-0.1, -0.05) is 116 Å². The van der Waals surface area contributed by atoms with Gasteiger partial charge in [0.05, 0.1) is 22.4 Å². The number of benzene rings is 6. The molecule has 0 spiro atoms. The Hall–Kier alpha value is -7.04.